The highest BCUT2D eigenvalue weighted by molar-refractivity contribution is 5.76. The summed E-state index contributed by atoms with van der Waals surface area (Å²) in [5.74, 6) is -0.250. The van der Waals surface area contributed by atoms with Crippen LogP contribution in [0.2, 0.25) is 0 Å². The van der Waals surface area contributed by atoms with Crippen LogP contribution in [0.5, 0.6) is 0 Å². The summed E-state index contributed by atoms with van der Waals surface area (Å²) in [5, 5.41) is 86.9. The van der Waals surface area contributed by atoms with E-state index in [1.807, 2.05) is 6.08 Å². The zero-order valence-corrected chi connectivity index (χ0v) is 44.5. The van der Waals surface area contributed by atoms with E-state index in [2.05, 4.69) is 43.5 Å². The Morgan fingerprint density at radius 3 is 1.38 bits per heavy atom. The maximum Gasteiger partial charge on any atom is 0.220 e. The maximum absolute atomic E-state index is 13.2. The average molecular weight is 1010 g/mol. The van der Waals surface area contributed by atoms with Gasteiger partial charge in [0.2, 0.25) is 5.91 Å². The van der Waals surface area contributed by atoms with Gasteiger partial charge in [0.05, 0.1) is 32.0 Å². The Bertz CT molecular complexity index is 1330. The number of hydrogen-bond acceptors (Lipinski definition) is 13. The Kier molecular flexibility index (Phi) is 40.0. The first-order chi connectivity index (χ1) is 34.6. The third-order valence-electron chi connectivity index (χ3n) is 14.0. The lowest BCUT2D eigenvalue weighted by atomic mass is 9.97. The number of aliphatic hydroxyl groups is 8. The molecule has 2 fully saturated rings. The number of unbranched alkanes of at least 4 members (excludes halogenated alkanes) is 28. The number of ether oxygens (including phenoxy) is 4. The molecule has 2 heterocycles. The van der Waals surface area contributed by atoms with Crippen molar-refractivity contribution in [3.63, 3.8) is 0 Å². The fraction of sp³-hybridized carbons (Fsp3) is 0.877. The van der Waals surface area contributed by atoms with Crippen LogP contribution in [0.25, 0.3) is 0 Å². The second-order valence-corrected chi connectivity index (χ2v) is 20.4. The van der Waals surface area contributed by atoms with Crippen LogP contribution in [-0.2, 0) is 23.7 Å². The second kappa shape index (κ2) is 43.4. The van der Waals surface area contributed by atoms with Crippen LogP contribution in [0.3, 0.4) is 0 Å². The van der Waals surface area contributed by atoms with Gasteiger partial charge >= 0.3 is 0 Å². The van der Waals surface area contributed by atoms with E-state index in [4.69, 9.17) is 18.9 Å². The number of nitrogens with one attached hydrogen (secondary N) is 1. The second-order valence-electron chi connectivity index (χ2n) is 20.4. The van der Waals surface area contributed by atoms with Crippen LogP contribution >= 0.6 is 0 Å². The molecule has 416 valence electrons. The van der Waals surface area contributed by atoms with E-state index in [0.717, 1.165) is 32.1 Å². The molecule has 0 aromatic carbocycles. The molecule has 14 nitrogen and oxygen atoms in total. The molecule has 0 bridgehead atoms. The molecule has 9 N–H and O–H groups in total. The van der Waals surface area contributed by atoms with Crippen molar-refractivity contribution in [2.45, 2.75) is 299 Å². The standard InChI is InChI=1S/C57H105NO13/c1-3-5-7-9-11-13-15-17-19-20-21-22-23-24-25-26-27-29-31-33-35-37-39-41-49(62)58-45(46(61)40-38-36-34-32-30-28-18-16-14-12-10-8-6-4-2)44-68-56-54(67)52(65)55(48(43-60)70-56)71-57-53(66)51(64)50(63)47(42-59)69-57/h20-21,30,32,38,40,45-48,50-57,59-61,63-67H,3-19,22-29,31,33-37,39,41-44H2,1-2H3,(H,58,62)/b21-20-,32-30+,40-38+. The Morgan fingerprint density at radius 2 is 0.901 bits per heavy atom. The molecule has 2 saturated heterocycles. The number of carbonyl (C=O) groups is 1. The van der Waals surface area contributed by atoms with Gasteiger partial charge < -0.3 is 65.1 Å². The quantitative estimate of drug-likeness (QED) is 0.0205. The van der Waals surface area contributed by atoms with Crippen LogP contribution in [0.1, 0.15) is 226 Å². The van der Waals surface area contributed by atoms with E-state index in [1.54, 1.807) is 6.08 Å². The van der Waals surface area contributed by atoms with Crippen molar-refractivity contribution in [2.24, 2.45) is 0 Å². The van der Waals surface area contributed by atoms with Gasteiger partial charge in [-0.15, -0.1) is 0 Å². The molecule has 14 heteroatoms. The molecule has 2 aliphatic heterocycles. The fourth-order valence-corrected chi connectivity index (χ4v) is 9.36. The van der Waals surface area contributed by atoms with Crippen LogP contribution in [-0.4, -0.2) is 140 Å². The molecular formula is C57H105NO13. The number of allylic oxidation sites excluding steroid dienone is 5. The highest BCUT2D eigenvalue weighted by atomic mass is 16.7. The molecule has 12 atom stereocenters. The maximum atomic E-state index is 13.2. The molecule has 2 aliphatic rings. The minimum absolute atomic E-state index is 0.250. The van der Waals surface area contributed by atoms with E-state index in [1.165, 1.54) is 161 Å². The number of hydrogen-bond donors (Lipinski definition) is 9. The lowest BCUT2D eigenvalue weighted by Crippen LogP contribution is -2.65. The molecule has 0 saturated carbocycles. The van der Waals surface area contributed by atoms with Gasteiger partial charge in [0, 0.05) is 6.42 Å². The van der Waals surface area contributed by atoms with Crippen molar-refractivity contribution in [1.82, 2.24) is 5.32 Å². The fourth-order valence-electron chi connectivity index (χ4n) is 9.36. The largest absolute Gasteiger partial charge is 0.394 e. The minimum atomic E-state index is -1.79. The predicted octanol–water partition coefficient (Wildman–Crippen LogP) is 9.05. The predicted molar refractivity (Wildman–Crippen MR) is 281 cm³/mol. The molecule has 0 spiro atoms. The number of aliphatic hydroxyl groups excluding tert-OH is 8. The molecular weight excluding hydrogens is 907 g/mol. The number of rotatable bonds is 45. The molecule has 0 aromatic heterocycles. The Balaban J connectivity index is 1.77. The highest BCUT2D eigenvalue weighted by Gasteiger charge is 2.51. The Labute approximate surface area is 430 Å². The van der Waals surface area contributed by atoms with E-state index in [9.17, 15) is 45.6 Å². The summed E-state index contributed by atoms with van der Waals surface area (Å²) < 4.78 is 22.7. The van der Waals surface area contributed by atoms with Gasteiger partial charge in [-0.25, -0.2) is 0 Å². The first-order valence-electron chi connectivity index (χ1n) is 28.7. The Hall–Kier alpha value is -1.79. The molecule has 71 heavy (non-hydrogen) atoms. The minimum Gasteiger partial charge on any atom is -0.394 e. The van der Waals surface area contributed by atoms with Crippen molar-refractivity contribution in [2.75, 3.05) is 19.8 Å². The summed E-state index contributed by atoms with van der Waals surface area (Å²) in [6.45, 7) is 2.77. The zero-order valence-electron chi connectivity index (χ0n) is 44.5. The first-order valence-corrected chi connectivity index (χ1v) is 28.7. The zero-order chi connectivity index (χ0) is 51.7. The molecule has 12 unspecified atom stereocenters. The third kappa shape index (κ3) is 29.8. The molecule has 1 amide bonds. The van der Waals surface area contributed by atoms with Crippen LogP contribution < -0.4 is 5.32 Å². The van der Waals surface area contributed by atoms with Gasteiger partial charge in [0.25, 0.3) is 0 Å². The van der Waals surface area contributed by atoms with Gasteiger partial charge in [0.1, 0.15) is 48.8 Å². The van der Waals surface area contributed by atoms with E-state index >= 15 is 0 Å². The summed E-state index contributed by atoms with van der Waals surface area (Å²) in [6, 6.07) is -0.930. The first kappa shape index (κ1) is 65.3. The van der Waals surface area contributed by atoms with Crippen molar-refractivity contribution in [3.8, 4) is 0 Å². The summed E-state index contributed by atoms with van der Waals surface area (Å²) >= 11 is 0. The van der Waals surface area contributed by atoms with Crippen molar-refractivity contribution in [3.05, 3.63) is 36.5 Å². The van der Waals surface area contributed by atoms with E-state index in [0.29, 0.717) is 12.8 Å². The van der Waals surface area contributed by atoms with Gasteiger partial charge in [-0.3, -0.25) is 4.79 Å². The molecule has 0 aliphatic carbocycles. The summed E-state index contributed by atoms with van der Waals surface area (Å²) in [5.41, 5.74) is 0. The van der Waals surface area contributed by atoms with E-state index < -0.39 is 86.8 Å². The average Bonchev–Trinajstić information content (AvgIpc) is 3.37. The normalized spacial score (nSPS) is 26.0. The Morgan fingerprint density at radius 1 is 0.493 bits per heavy atom. The van der Waals surface area contributed by atoms with Gasteiger partial charge in [0.15, 0.2) is 12.6 Å². The van der Waals surface area contributed by atoms with Gasteiger partial charge in [-0.1, -0.05) is 198 Å². The number of carbonyl (C=O) groups excluding carboxylic acids is 1. The van der Waals surface area contributed by atoms with Crippen LogP contribution in [0.4, 0.5) is 0 Å². The van der Waals surface area contributed by atoms with Crippen molar-refractivity contribution in [1.29, 1.82) is 0 Å². The van der Waals surface area contributed by atoms with Gasteiger partial charge in [-0.05, 0) is 57.8 Å². The molecule has 0 aromatic rings. The van der Waals surface area contributed by atoms with Crippen molar-refractivity contribution >= 4 is 5.91 Å². The lowest BCUT2D eigenvalue weighted by Gasteiger charge is -2.46. The van der Waals surface area contributed by atoms with Crippen LogP contribution in [0, 0.1) is 0 Å². The topological polar surface area (TPSA) is 228 Å². The lowest BCUT2D eigenvalue weighted by molar-refractivity contribution is -0.359. The van der Waals surface area contributed by atoms with Crippen LogP contribution in [0.15, 0.2) is 36.5 Å². The summed E-state index contributed by atoms with van der Waals surface area (Å²) in [4.78, 5) is 13.2. The summed E-state index contributed by atoms with van der Waals surface area (Å²) in [6.07, 6.45) is 34.7. The van der Waals surface area contributed by atoms with Crippen molar-refractivity contribution < 1.29 is 64.6 Å². The third-order valence-corrected chi connectivity index (χ3v) is 14.0. The van der Waals surface area contributed by atoms with Gasteiger partial charge in [-0.2, -0.15) is 0 Å². The molecule has 2 rings (SSSR count). The number of amides is 1. The van der Waals surface area contributed by atoms with E-state index in [-0.39, 0.29) is 18.9 Å². The smallest absolute Gasteiger partial charge is 0.220 e. The molecule has 0 radical (unpaired) electrons. The summed E-state index contributed by atoms with van der Waals surface area (Å²) in [7, 11) is 0. The SMILES string of the molecule is CCCCCCCCCC/C=C\CCCCCCCCCCCCCC(=O)NC(COC1OC(CO)C(OC2OC(CO)C(O)C(O)C2O)C(O)C1O)C(O)/C=C/CC/C=C/CCCCCCCCCC. The monoisotopic (exact) mass is 1010 g/mol. The highest BCUT2D eigenvalue weighted by Crippen LogP contribution is 2.30.